The fraction of sp³-hybridized carbons (Fsp3) is 0.176. The molecule has 120 valence electrons. The summed E-state index contributed by atoms with van der Waals surface area (Å²) in [6, 6.07) is 11.6. The molecule has 0 spiro atoms. The first-order valence-electron chi connectivity index (χ1n) is 7.00. The summed E-state index contributed by atoms with van der Waals surface area (Å²) in [7, 11) is 0. The van der Waals surface area contributed by atoms with Gasteiger partial charge >= 0.3 is 0 Å². The molecule has 0 aliphatic carbocycles. The number of carbonyl (C=O) groups excluding carboxylic acids is 2. The molecule has 2 aromatic carbocycles. The zero-order chi connectivity index (χ0) is 17.0. The molecule has 0 aliphatic rings. The molecule has 0 aliphatic heterocycles. The van der Waals surface area contributed by atoms with E-state index in [1.54, 1.807) is 42.5 Å². The van der Waals surface area contributed by atoms with Gasteiger partial charge in [0.05, 0.1) is 6.04 Å². The maximum atomic E-state index is 12.4. The quantitative estimate of drug-likeness (QED) is 0.855. The standard InChI is InChI=1S/C17H16Cl2N2O2/c1-10(15-7-6-13(18)9-16(15)19)20-17(23)12-4-3-5-14(8-12)21-11(2)22/h3-10H,1-2H3,(H,20,23)(H,21,22)/t10-/m1/s1. The molecule has 6 heteroatoms. The molecular weight excluding hydrogens is 335 g/mol. The number of halogens is 2. The van der Waals surface area contributed by atoms with Crippen molar-refractivity contribution in [2.75, 3.05) is 5.32 Å². The first kappa shape index (κ1) is 17.3. The van der Waals surface area contributed by atoms with Crippen molar-refractivity contribution < 1.29 is 9.59 Å². The van der Waals surface area contributed by atoms with Crippen LogP contribution in [-0.4, -0.2) is 11.8 Å². The van der Waals surface area contributed by atoms with Gasteiger partial charge in [0.2, 0.25) is 5.91 Å². The van der Waals surface area contributed by atoms with E-state index in [0.717, 1.165) is 5.56 Å². The van der Waals surface area contributed by atoms with Crippen molar-refractivity contribution in [3.05, 3.63) is 63.6 Å². The smallest absolute Gasteiger partial charge is 0.251 e. The highest BCUT2D eigenvalue weighted by molar-refractivity contribution is 6.35. The topological polar surface area (TPSA) is 58.2 Å². The number of nitrogens with one attached hydrogen (secondary N) is 2. The van der Waals surface area contributed by atoms with Crippen LogP contribution in [0.5, 0.6) is 0 Å². The third-order valence-electron chi connectivity index (χ3n) is 3.22. The van der Waals surface area contributed by atoms with Crippen LogP contribution in [0.15, 0.2) is 42.5 Å². The summed E-state index contributed by atoms with van der Waals surface area (Å²) < 4.78 is 0. The van der Waals surface area contributed by atoms with Crippen molar-refractivity contribution in [2.24, 2.45) is 0 Å². The van der Waals surface area contributed by atoms with E-state index in [1.807, 2.05) is 6.92 Å². The van der Waals surface area contributed by atoms with Gasteiger partial charge in [0, 0.05) is 28.2 Å². The molecule has 0 aromatic heterocycles. The van der Waals surface area contributed by atoms with Crippen molar-refractivity contribution in [1.29, 1.82) is 0 Å². The van der Waals surface area contributed by atoms with Crippen molar-refractivity contribution in [1.82, 2.24) is 5.32 Å². The molecule has 0 saturated heterocycles. The zero-order valence-electron chi connectivity index (χ0n) is 12.7. The van der Waals surface area contributed by atoms with E-state index in [1.165, 1.54) is 6.92 Å². The van der Waals surface area contributed by atoms with Crippen LogP contribution >= 0.6 is 23.2 Å². The van der Waals surface area contributed by atoms with Gasteiger partial charge < -0.3 is 10.6 Å². The van der Waals surface area contributed by atoms with Gasteiger partial charge in [-0.15, -0.1) is 0 Å². The van der Waals surface area contributed by atoms with Gasteiger partial charge in [-0.05, 0) is 42.8 Å². The molecule has 0 bridgehead atoms. The van der Waals surface area contributed by atoms with Crippen molar-refractivity contribution in [2.45, 2.75) is 19.9 Å². The molecular formula is C17H16Cl2N2O2. The molecule has 0 saturated carbocycles. The molecule has 4 nitrogen and oxygen atoms in total. The second-order valence-electron chi connectivity index (χ2n) is 5.12. The molecule has 2 N–H and O–H groups in total. The number of anilines is 1. The number of carbonyl (C=O) groups is 2. The van der Waals surface area contributed by atoms with E-state index in [4.69, 9.17) is 23.2 Å². The van der Waals surface area contributed by atoms with Crippen LogP contribution in [0.3, 0.4) is 0 Å². The summed E-state index contributed by atoms with van der Waals surface area (Å²) in [5, 5.41) is 6.56. The van der Waals surface area contributed by atoms with E-state index >= 15 is 0 Å². The van der Waals surface area contributed by atoms with Crippen LogP contribution in [0, 0.1) is 0 Å². The van der Waals surface area contributed by atoms with E-state index < -0.39 is 0 Å². The molecule has 0 radical (unpaired) electrons. The van der Waals surface area contributed by atoms with E-state index in [2.05, 4.69) is 10.6 Å². The van der Waals surface area contributed by atoms with Gasteiger partial charge in [0.25, 0.3) is 5.91 Å². The molecule has 1 atom stereocenters. The Morgan fingerprint density at radius 1 is 1.09 bits per heavy atom. The molecule has 2 rings (SSSR count). The first-order valence-corrected chi connectivity index (χ1v) is 7.76. The minimum atomic E-state index is -0.281. The van der Waals surface area contributed by atoms with E-state index in [9.17, 15) is 9.59 Å². The largest absolute Gasteiger partial charge is 0.345 e. The van der Waals surface area contributed by atoms with Crippen LogP contribution in [0.4, 0.5) is 5.69 Å². The molecule has 23 heavy (non-hydrogen) atoms. The Balaban J connectivity index is 2.13. The summed E-state index contributed by atoms with van der Waals surface area (Å²) in [5.41, 5.74) is 1.80. The summed E-state index contributed by atoms with van der Waals surface area (Å²) in [4.78, 5) is 23.4. The van der Waals surface area contributed by atoms with Crippen LogP contribution in [0.2, 0.25) is 10.0 Å². The minimum Gasteiger partial charge on any atom is -0.345 e. The van der Waals surface area contributed by atoms with Gasteiger partial charge in [0.15, 0.2) is 0 Å². The van der Waals surface area contributed by atoms with Crippen LogP contribution in [0.1, 0.15) is 35.8 Å². The zero-order valence-corrected chi connectivity index (χ0v) is 14.2. The lowest BCUT2D eigenvalue weighted by Gasteiger charge is -2.16. The Bertz CT molecular complexity index is 747. The summed E-state index contributed by atoms with van der Waals surface area (Å²) >= 11 is 12.0. The van der Waals surface area contributed by atoms with Gasteiger partial charge in [-0.3, -0.25) is 9.59 Å². The predicted molar refractivity (Wildman–Crippen MR) is 93.1 cm³/mol. The lowest BCUT2D eigenvalue weighted by atomic mass is 10.1. The predicted octanol–water partition coefficient (Wildman–Crippen LogP) is 4.44. The SMILES string of the molecule is CC(=O)Nc1cccc(C(=O)N[C@H](C)c2ccc(Cl)cc2Cl)c1. The number of hydrogen-bond acceptors (Lipinski definition) is 2. The third kappa shape index (κ3) is 4.71. The average molecular weight is 351 g/mol. The monoisotopic (exact) mass is 350 g/mol. The Morgan fingerprint density at radius 3 is 2.48 bits per heavy atom. The Kier molecular flexibility index (Phi) is 5.64. The van der Waals surface area contributed by atoms with Crippen LogP contribution in [0.25, 0.3) is 0 Å². The second kappa shape index (κ2) is 7.49. The summed E-state index contributed by atoms with van der Waals surface area (Å²) in [5.74, 6) is -0.445. The summed E-state index contributed by atoms with van der Waals surface area (Å²) in [6.45, 7) is 3.25. The minimum absolute atomic E-state index is 0.191. The van der Waals surface area contributed by atoms with E-state index in [-0.39, 0.29) is 17.9 Å². The lowest BCUT2D eigenvalue weighted by molar-refractivity contribution is -0.114. The average Bonchev–Trinajstić information content (AvgIpc) is 2.46. The normalized spacial score (nSPS) is 11.7. The van der Waals surface area contributed by atoms with Crippen molar-refractivity contribution in [3.8, 4) is 0 Å². The Morgan fingerprint density at radius 2 is 1.83 bits per heavy atom. The molecule has 2 aromatic rings. The number of benzene rings is 2. The Hall–Kier alpha value is -2.04. The molecule has 0 fully saturated rings. The second-order valence-corrected chi connectivity index (χ2v) is 5.97. The molecule has 0 heterocycles. The number of rotatable bonds is 4. The molecule has 2 amide bonds. The maximum Gasteiger partial charge on any atom is 0.251 e. The third-order valence-corrected chi connectivity index (χ3v) is 3.78. The van der Waals surface area contributed by atoms with Gasteiger partial charge in [-0.2, -0.15) is 0 Å². The van der Waals surface area contributed by atoms with Crippen molar-refractivity contribution in [3.63, 3.8) is 0 Å². The highest BCUT2D eigenvalue weighted by atomic mass is 35.5. The first-order chi connectivity index (χ1) is 10.9. The lowest BCUT2D eigenvalue weighted by Crippen LogP contribution is -2.27. The van der Waals surface area contributed by atoms with Gasteiger partial charge in [-0.1, -0.05) is 35.3 Å². The fourth-order valence-electron chi connectivity index (χ4n) is 2.15. The van der Waals surface area contributed by atoms with Gasteiger partial charge in [0.1, 0.15) is 0 Å². The highest BCUT2D eigenvalue weighted by Crippen LogP contribution is 2.26. The highest BCUT2D eigenvalue weighted by Gasteiger charge is 2.14. The molecule has 0 unspecified atom stereocenters. The maximum absolute atomic E-state index is 12.4. The Labute approximate surface area is 144 Å². The number of hydrogen-bond donors (Lipinski definition) is 2. The van der Waals surface area contributed by atoms with Gasteiger partial charge in [-0.25, -0.2) is 0 Å². The number of amides is 2. The van der Waals surface area contributed by atoms with Crippen LogP contribution in [-0.2, 0) is 4.79 Å². The fourth-order valence-corrected chi connectivity index (χ4v) is 2.72. The summed E-state index contributed by atoms with van der Waals surface area (Å²) in [6.07, 6.45) is 0. The van der Waals surface area contributed by atoms with Crippen LogP contribution < -0.4 is 10.6 Å². The van der Waals surface area contributed by atoms with Crippen molar-refractivity contribution >= 4 is 40.7 Å². The van der Waals surface area contributed by atoms with E-state index in [0.29, 0.717) is 21.3 Å².